The lowest BCUT2D eigenvalue weighted by molar-refractivity contribution is 0.303. The molecule has 0 heterocycles. The number of hydrogen-bond acceptors (Lipinski definition) is 4. The second kappa shape index (κ2) is 6.81. The van der Waals surface area contributed by atoms with Crippen LogP contribution in [0, 0.1) is 12.3 Å². The minimum absolute atomic E-state index is 0.0808. The Morgan fingerprint density at radius 1 is 1.15 bits per heavy atom. The van der Waals surface area contributed by atoms with Crippen molar-refractivity contribution in [2.75, 3.05) is 11.5 Å². The molecule has 0 aliphatic heterocycles. The summed E-state index contributed by atoms with van der Waals surface area (Å²) in [6, 6.07) is 0. The molecule has 0 aliphatic rings. The third-order valence-corrected chi connectivity index (χ3v) is 5.44. The van der Waals surface area contributed by atoms with Gasteiger partial charge in [0.15, 0.2) is 0 Å². The predicted molar refractivity (Wildman–Crippen MR) is 76.0 cm³/mol. The minimum Gasteiger partial charge on any atom is -0.178 e. The van der Waals surface area contributed by atoms with Crippen molar-refractivity contribution in [2.24, 2.45) is 5.41 Å². The molecule has 0 spiro atoms. The highest BCUT2D eigenvalue weighted by Gasteiger charge is 2.35. The van der Waals surface area contributed by atoms with Crippen molar-refractivity contribution in [1.82, 2.24) is 0 Å². The van der Waals surface area contributed by atoms with Gasteiger partial charge < -0.3 is 0 Å². The van der Waals surface area contributed by atoms with Crippen molar-refractivity contribution < 1.29 is 0 Å². The van der Waals surface area contributed by atoms with E-state index in [0.717, 1.165) is 24.3 Å². The second-order valence-corrected chi connectivity index (χ2v) is 5.48. The van der Waals surface area contributed by atoms with E-state index in [1.165, 1.54) is 0 Å². The summed E-state index contributed by atoms with van der Waals surface area (Å²) >= 11 is 17.7. The molecule has 0 amide bonds. The fourth-order valence-corrected chi connectivity index (χ4v) is 2.92. The molecular weight excluding hydrogens is 236 g/mol. The van der Waals surface area contributed by atoms with Crippen LogP contribution in [0.3, 0.4) is 0 Å². The highest BCUT2D eigenvalue weighted by atomic mass is 32.1. The zero-order valence-corrected chi connectivity index (χ0v) is 11.6. The van der Waals surface area contributed by atoms with E-state index in [1.54, 1.807) is 0 Å². The third-order valence-electron chi connectivity index (χ3n) is 2.58. The van der Waals surface area contributed by atoms with E-state index in [-0.39, 0.29) is 15.9 Å². The molecule has 2 unspecified atom stereocenters. The molecule has 0 aromatic rings. The summed E-state index contributed by atoms with van der Waals surface area (Å²) < 4.78 is 0. The number of hydrogen-bond donors (Lipinski definition) is 4. The van der Waals surface area contributed by atoms with E-state index >= 15 is 0 Å². The van der Waals surface area contributed by atoms with Crippen molar-refractivity contribution in [1.29, 1.82) is 0 Å². The maximum atomic E-state index is 4.55. The van der Waals surface area contributed by atoms with Crippen LogP contribution >= 0.6 is 50.5 Å². The quantitative estimate of drug-likeness (QED) is 0.515. The molecule has 0 nitrogen and oxygen atoms in total. The molecule has 0 aromatic carbocycles. The largest absolute Gasteiger partial charge is 0.178 e. The Hall–Kier alpha value is 1.40. The Bertz CT molecular complexity index is 128. The molecule has 0 bridgehead atoms. The average molecular weight is 256 g/mol. The van der Waals surface area contributed by atoms with Gasteiger partial charge in [0.25, 0.3) is 0 Å². The monoisotopic (exact) mass is 255 g/mol. The number of rotatable bonds is 6. The Morgan fingerprint density at radius 2 is 1.54 bits per heavy atom. The van der Waals surface area contributed by atoms with Crippen molar-refractivity contribution in [3.8, 4) is 0 Å². The molecule has 0 saturated heterocycles. The maximum absolute atomic E-state index is 4.55. The first-order chi connectivity index (χ1) is 6.02. The third kappa shape index (κ3) is 3.80. The summed E-state index contributed by atoms with van der Waals surface area (Å²) in [4.78, 5) is 0. The molecule has 0 N–H and O–H groups in total. The predicted octanol–water partition coefficient (Wildman–Crippen LogP) is 3.06. The maximum Gasteiger partial charge on any atom is 0.0170 e. The fourth-order valence-electron chi connectivity index (χ4n) is 1.35. The highest BCUT2D eigenvalue weighted by Crippen LogP contribution is 2.38. The van der Waals surface area contributed by atoms with E-state index in [2.05, 4.69) is 64.4 Å². The molecule has 79 valence electrons. The second-order valence-electron chi connectivity index (χ2n) is 3.51. The Morgan fingerprint density at radius 3 is 1.77 bits per heavy atom. The average Bonchev–Trinajstić information content (AvgIpc) is 2.15. The summed E-state index contributed by atoms with van der Waals surface area (Å²) in [6.07, 6.45) is 1.93. The van der Waals surface area contributed by atoms with Crippen molar-refractivity contribution >= 4 is 50.5 Å². The lowest BCUT2D eigenvalue weighted by Crippen LogP contribution is -2.39. The van der Waals surface area contributed by atoms with Crippen molar-refractivity contribution in [3.05, 3.63) is 6.92 Å². The molecular formula is C9H19S4. The summed E-state index contributed by atoms with van der Waals surface area (Å²) in [6.45, 7) is 6.08. The molecule has 0 rings (SSSR count). The van der Waals surface area contributed by atoms with Gasteiger partial charge in [0.2, 0.25) is 0 Å². The van der Waals surface area contributed by atoms with E-state index in [0.29, 0.717) is 0 Å². The van der Waals surface area contributed by atoms with Crippen LogP contribution in [-0.4, -0.2) is 22.0 Å². The zero-order valence-electron chi connectivity index (χ0n) is 7.98. The molecule has 0 fully saturated rings. The van der Waals surface area contributed by atoms with Crippen molar-refractivity contribution in [3.63, 3.8) is 0 Å². The van der Waals surface area contributed by atoms with Gasteiger partial charge in [0, 0.05) is 22.0 Å². The normalized spacial score (nSPS) is 20.8. The fraction of sp³-hybridized carbons (Fsp3) is 0.889. The van der Waals surface area contributed by atoms with Gasteiger partial charge in [-0.25, -0.2) is 0 Å². The Labute approximate surface area is 104 Å². The van der Waals surface area contributed by atoms with Gasteiger partial charge in [0.1, 0.15) is 0 Å². The lowest BCUT2D eigenvalue weighted by Gasteiger charge is -2.38. The Kier molecular flexibility index (Phi) is 7.54. The van der Waals surface area contributed by atoms with E-state index in [1.807, 2.05) is 0 Å². The van der Waals surface area contributed by atoms with Gasteiger partial charge >= 0.3 is 0 Å². The highest BCUT2D eigenvalue weighted by molar-refractivity contribution is 7.85. The summed E-state index contributed by atoms with van der Waals surface area (Å²) in [5.74, 6) is 1.54. The van der Waals surface area contributed by atoms with Gasteiger partial charge in [-0.05, 0) is 11.8 Å². The zero-order chi connectivity index (χ0) is 10.5. The lowest BCUT2D eigenvalue weighted by atomic mass is 9.79. The number of thiol groups is 4. The summed E-state index contributed by atoms with van der Waals surface area (Å²) in [7, 11) is 0. The minimum atomic E-state index is 0.0808. The van der Waals surface area contributed by atoms with Crippen molar-refractivity contribution in [2.45, 2.75) is 30.3 Å². The summed E-state index contributed by atoms with van der Waals surface area (Å²) in [5.41, 5.74) is 0.0808. The molecule has 0 aromatic heterocycles. The van der Waals surface area contributed by atoms with E-state index < -0.39 is 0 Å². The van der Waals surface area contributed by atoms with Gasteiger partial charge in [-0.2, -0.15) is 50.5 Å². The molecule has 2 atom stereocenters. The first kappa shape index (κ1) is 14.4. The van der Waals surface area contributed by atoms with E-state index in [4.69, 9.17) is 0 Å². The van der Waals surface area contributed by atoms with Crippen LogP contribution in [0.5, 0.6) is 0 Å². The summed E-state index contributed by atoms with van der Waals surface area (Å²) in [5, 5.41) is 0.513. The van der Waals surface area contributed by atoms with E-state index in [9.17, 15) is 0 Å². The van der Waals surface area contributed by atoms with Gasteiger partial charge in [-0.1, -0.05) is 20.3 Å². The Balaban J connectivity index is 4.50. The first-order valence-corrected chi connectivity index (χ1v) is 6.69. The molecule has 4 heteroatoms. The SMILES string of the molecule is [CH2]CCC(C)(C(S)CS)C(S)CS. The topological polar surface area (TPSA) is 0 Å². The van der Waals surface area contributed by atoms with Crippen LogP contribution in [0.4, 0.5) is 0 Å². The van der Waals surface area contributed by atoms with Crippen LogP contribution in [0.25, 0.3) is 0 Å². The molecule has 1 radical (unpaired) electrons. The molecule has 13 heavy (non-hydrogen) atoms. The van der Waals surface area contributed by atoms with Gasteiger partial charge in [-0.3, -0.25) is 0 Å². The smallest absolute Gasteiger partial charge is 0.0170 e. The molecule has 0 aliphatic carbocycles. The van der Waals surface area contributed by atoms with Gasteiger partial charge in [0.05, 0.1) is 0 Å². The standard InChI is InChI=1S/C9H19S4/c1-3-4-9(2,7(12)5-10)8(13)6-11/h7-8,10-13H,1,3-6H2,2H3. The van der Waals surface area contributed by atoms with Crippen LogP contribution in [0.15, 0.2) is 0 Å². The molecule has 0 saturated carbocycles. The van der Waals surface area contributed by atoms with Crippen LogP contribution < -0.4 is 0 Å². The van der Waals surface area contributed by atoms with Crippen LogP contribution in [0.1, 0.15) is 19.8 Å². The van der Waals surface area contributed by atoms with Gasteiger partial charge in [-0.15, -0.1) is 0 Å². The van der Waals surface area contributed by atoms with Crippen LogP contribution in [-0.2, 0) is 0 Å². The van der Waals surface area contributed by atoms with Crippen LogP contribution in [0.2, 0.25) is 0 Å². The first-order valence-electron chi connectivity index (χ1n) is 4.40.